The fourth-order valence-corrected chi connectivity index (χ4v) is 5.60. The standard InChI is InChI=1S/C23H21ClN2S2/c1-3-15-10-12-17(13-11-15)19-18(4-2)28-22-20(19)21(24)25-23(26-22)27-14-16-8-6-5-7-9-16/h5-13H,3-4,14H2,1-2H3. The number of halogens is 1. The number of rotatable bonds is 6. The van der Waals surface area contributed by atoms with Crippen LogP contribution in [0.25, 0.3) is 21.3 Å². The highest BCUT2D eigenvalue weighted by Gasteiger charge is 2.19. The van der Waals surface area contributed by atoms with Crippen LogP contribution in [0.4, 0.5) is 0 Å². The molecule has 0 saturated heterocycles. The van der Waals surface area contributed by atoms with Gasteiger partial charge in [-0.2, -0.15) is 0 Å². The monoisotopic (exact) mass is 424 g/mol. The fourth-order valence-electron chi connectivity index (χ4n) is 3.24. The van der Waals surface area contributed by atoms with E-state index < -0.39 is 0 Å². The lowest BCUT2D eigenvalue weighted by Crippen LogP contribution is -1.90. The van der Waals surface area contributed by atoms with E-state index in [4.69, 9.17) is 16.6 Å². The Morgan fingerprint density at radius 2 is 1.64 bits per heavy atom. The van der Waals surface area contributed by atoms with Crippen molar-refractivity contribution >= 4 is 44.9 Å². The maximum atomic E-state index is 6.67. The predicted octanol–water partition coefficient (Wildman–Crippen LogP) is 7.43. The van der Waals surface area contributed by atoms with Crippen molar-refractivity contribution in [3.05, 3.63) is 75.8 Å². The van der Waals surface area contributed by atoms with Crippen molar-refractivity contribution in [3.8, 4) is 11.1 Å². The summed E-state index contributed by atoms with van der Waals surface area (Å²) in [6.07, 6.45) is 1.99. The summed E-state index contributed by atoms with van der Waals surface area (Å²) in [6, 6.07) is 19.1. The Hall–Kier alpha value is -1.88. The number of thiophene rings is 1. The van der Waals surface area contributed by atoms with Crippen molar-refractivity contribution in [1.82, 2.24) is 9.97 Å². The molecule has 0 unspecified atom stereocenters. The van der Waals surface area contributed by atoms with E-state index in [1.165, 1.54) is 27.1 Å². The van der Waals surface area contributed by atoms with Gasteiger partial charge in [0.25, 0.3) is 0 Å². The Morgan fingerprint density at radius 3 is 2.32 bits per heavy atom. The minimum atomic E-state index is 0.547. The molecule has 28 heavy (non-hydrogen) atoms. The van der Waals surface area contributed by atoms with Crippen LogP contribution >= 0.6 is 34.7 Å². The van der Waals surface area contributed by atoms with E-state index in [0.717, 1.165) is 34.0 Å². The normalized spacial score (nSPS) is 11.2. The molecule has 4 rings (SSSR count). The number of aromatic nitrogens is 2. The zero-order valence-corrected chi connectivity index (χ0v) is 18.3. The topological polar surface area (TPSA) is 25.8 Å². The van der Waals surface area contributed by atoms with Gasteiger partial charge in [-0.15, -0.1) is 11.3 Å². The van der Waals surface area contributed by atoms with E-state index in [-0.39, 0.29) is 0 Å². The number of benzene rings is 2. The van der Waals surface area contributed by atoms with E-state index in [2.05, 4.69) is 67.4 Å². The van der Waals surface area contributed by atoms with Gasteiger partial charge in [0.15, 0.2) is 5.16 Å². The largest absolute Gasteiger partial charge is 0.211 e. The number of fused-ring (bicyclic) bond motifs is 1. The van der Waals surface area contributed by atoms with Crippen molar-refractivity contribution in [1.29, 1.82) is 0 Å². The van der Waals surface area contributed by atoms with E-state index in [9.17, 15) is 0 Å². The lowest BCUT2D eigenvalue weighted by atomic mass is 10.0. The highest BCUT2D eigenvalue weighted by Crippen LogP contribution is 2.42. The summed E-state index contributed by atoms with van der Waals surface area (Å²) >= 11 is 10.0. The van der Waals surface area contributed by atoms with Crippen LogP contribution in [0, 0.1) is 0 Å². The number of aryl methyl sites for hydroxylation is 2. The third-order valence-corrected chi connectivity index (χ3v) is 7.16. The molecule has 0 aliphatic carbocycles. The second-order valence-electron chi connectivity index (χ2n) is 6.56. The van der Waals surface area contributed by atoms with E-state index >= 15 is 0 Å². The van der Waals surface area contributed by atoms with Gasteiger partial charge < -0.3 is 0 Å². The molecule has 0 fully saturated rings. The van der Waals surface area contributed by atoms with Crippen LogP contribution in [0.5, 0.6) is 0 Å². The molecule has 0 N–H and O–H groups in total. The first kappa shape index (κ1) is 19.4. The van der Waals surface area contributed by atoms with Crippen LogP contribution in [-0.2, 0) is 18.6 Å². The van der Waals surface area contributed by atoms with Crippen molar-refractivity contribution < 1.29 is 0 Å². The molecule has 2 aromatic heterocycles. The Labute approximate surface area is 179 Å². The quantitative estimate of drug-likeness (QED) is 0.183. The molecule has 0 atom stereocenters. The Balaban J connectivity index is 1.72. The molecule has 0 amide bonds. The number of thioether (sulfide) groups is 1. The van der Waals surface area contributed by atoms with Crippen LogP contribution < -0.4 is 0 Å². The smallest absolute Gasteiger partial charge is 0.190 e. The molecule has 0 spiro atoms. The minimum absolute atomic E-state index is 0.547. The summed E-state index contributed by atoms with van der Waals surface area (Å²) < 4.78 is 0. The number of hydrogen-bond donors (Lipinski definition) is 0. The lowest BCUT2D eigenvalue weighted by molar-refractivity contribution is 1.01. The van der Waals surface area contributed by atoms with Crippen LogP contribution in [-0.4, -0.2) is 9.97 Å². The molecule has 0 saturated carbocycles. The minimum Gasteiger partial charge on any atom is -0.211 e. The van der Waals surface area contributed by atoms with Crippen LogP contribution in [0.2, 0.25) is 5.15 Å². The summed E-state index contributed by atoms with van der Waals surface area (Å²) in [4.78, 5) is 11.7. The van der Waals surface area contributed by atoms with Crippen LogP contribution in [0.3, 0.4) is 0 Å². The molecule has 0 aliphatic rings. The zero-order valence-electron chi connectivity index (χ0n) is 15.9. The average molecular weight is 425 g/mol. The Kier molecular flexibility index (Phi) is 6.00. The summed E-state index contributed by atoms with van der Waals surface area (Å²) in [5.74, 6) is 0.833. The SMILES string of the molecule is CCc1ccc(-c2c(CC)sc3nc(SCc4ccccc4)nc(Cl)c23)cc1. The van der Waals surface area contributed by atoms with Gasteiger partial charge in [-0.25, -0.2) is 9.97 Å². The molecule has 2 nitrogen and oxygen atoms in total. The van der Waals surface area contributed by atoms with E-state index in [1.54, 1.807) is 23.1 Å². The molecule has 5 heteroatoms. The lowest BCUT2D eigenvalue weighted by Gasteiger charge is -2.06. The highest BCUT2D eigenvalue weighted by molar-refractivity contribution is 7.98. The van der Waals surface area contributed by atoms with Gasteiger partial charge in [-0.1, -0.05) is 91.8 Å². The van der Waals surface area contributed by atoms with E-state index in [0.29, 0.717) is 5.15 Å². The molecular formula is C23H21ClN2S2. The molecule has 0 radical (unpaired) electrons. The van der Waals surface area contributed by atoms with Gasteiger partial charge in [0.1, 0.15) is 9.98 Å². The average Bonchev–Trinajstić information content (AvgIpc) is 3.12. The van der Waals surface area contributed by atoms with Gasteiger partial charge in [0, 0.05) is 16.2 Å². The zero-order chi connectivity index (χ0) is 19.5. The summed E-state index contributed by atoms with van der Waals surface area (Å²) in [7, 11) is 0. The summed E-state index contributed by atoms with van der Waals surface area (Å²) in [6.45, 7) is 4.35. The fraction of sp³-hybridized carbons (Fsp3) is 0.217. The first-order chi connectivity index (χ1) is 13.7. The van der Waals surface area contributed by atoms with E-state index in [1.807, 2.05) is 6.07 Å². The Bertz CT molecular complexity index is 1090. The molecule has 142 valence electrons. The van der Waals surface area contributed by atoms with Crippen molar-refractivity contribution in [2.24, 2.45) is 0 Å². The van der Waals surface area contributed by atoms with Crippen molar-refractivity contribution in [2.75, 3.05) is 0 Å². The maximum Gasteiger partial charge on any atom is 0.190 e. The maximum absolute atomic E-state index is 6.67. The molecule has 2 aromatic carbocycles. The van der Waals surface area contributed by atoms with Crippen LogP contribution in [0.15, 0.2) is 59.8 Å². The van der Waals surface area contributed by atoms with Crippen LogP contribution in [0.1, 0.15) is 29.9 Å². The third-order valence-electron chi connectivity index (χ3n) is 4.74. The molecule has 2 heterocycles. The van der Waals surface area contributed by atoms with Gasteiger partial charge in [0.2, 0.25) is 0 Å². The van der Waals surface area contributed by atoms with Gasteiger partial charge in [-0.05, 0) is 29.5 Å². The van der Waals surface area contributed by atoms with Gasteiger partial charge >= 0.3 is 0 Å². The first-order valence-corrected chi connectivity index (χ1v) is 11.6. The predicted molar refractivity (Wildman–Crippen MR) is 123 cm³/mol. The first-order valence-electron chi connectivity index (χ1n) is 9.44. The molecule has 0 aliphatic heterocycles. The summed E-state index contributed by atoms with van der Waals surface area (Å²) in [5, 5.41) is 2.26. The number of nitrogens with zero attached hydrogens (tertiary/aromatic N) is 2. The summed E-state index contributed by atoms with van der Waals surface area (Å²) in [5.41, 5.74) is 4.97. The second-order valence-corrected chi connectivity index (χ2v) is 8.94. The van der Waals surface area contributed by atoms with Crippen molar-refractivity contribution in [2.45, 2.75) is 37.6 Å². The highest BCUT2D eigenvalue weighted by atomic mass is 35.5. The third kappa shape index (κ3) is 3.95. The molecule has 0 bridgehead atoms. The second kappa shape index (κ2) is 8.64. The Morgan fingerprint density at radius 1 is 0.893 bits per heavy atom. The van der Waals surface area contributed by atoms with Crippen molar-refractivity contribution in [3.63, 3.8) is 0 Å². The van der Waals surface area contributed by atoms with Gasteiger partial charge in [-0.3, -0.25) is 0 Å². The number of hydrogen-bond acceptors (Lipinski definition) is 4. The molecule has 4 aromatic rings. The van der Waals surface area contributed by atoms with Gasteiger partial charge in [0.05, 0.1) is 5.39 Å². The molecular weight excluding hydrogens is 404 g/mol.